The highest BCUT2D eigenvalue weighted by Crippen LogP contribution is 2.20. The Morgan fingerprint density at radius 3 is 2.38 bits per heavy atom. The Balaban J connectivity index is 1.78. The number of rotatable bonds is 3. The average Bonchev–Trinajstić information content (AvgIpc) is 2.68. The van der Waals surface area contributed by atoms with Gasteiger partial charge in [0.2, 0.25) is 0 Å². The van der Waals surface area contributed by atoms with Crippen LogP contribution in [0.3, 0.4) is 0 Å². The van der Waals surface area contributed by atoms with Crippen LogP contribution in [0.5, 0.6) is 0 Å². The number of ether oxygens (including phenoxy) is 1. The summed E-state index contributed by atoms with van der Waals surface area (Å²) < 4.78 is 45.1. The second-order valence-electron chi connectivity index (χ2n) is 5.66. The van der Waals surface area contributed by atoms with E-state index in [0.717, 1.165) is 6.07 Å². The Morgan fingerprint density at radius 2 is 1.65 bits per heavy atom. The number of anilines is 1. The number of carbonyl (C=O) groups is 2. The lowest BCUT2D eigenvalue weighted by Crippen LogP contribution is -2.40. The van der Waals surface area contributed by atoms with Crippen LogP contribution in [-0.4, -0.2) is 43.0 Å². The summed E-state index contributed by atoms with van der Waals surface area (Å²) in [5, 5.41) is 2.17. The van der Waals surface area contributed by atoms with Crippen LogP contribution in [0.25, 0.3) is 0 Å². The minimum absolute atomic E-state index is 0.0910. The van der Waals surface area contributed by atoms with Crippen molar-refractivity contribution in [2.75, 3.05) is 31.6 Å². The predicted octanol–water partition coefficient (Wildman–Crippen LogP) is 2.83. The van der Waals surface area contributed by atoms with Gasteiger partial charge in [-0.3, -0.25) is 9.59 Å². The van der Waals surface area contributed by atoms with Gasteiger partial charge in [-0.15, -0.1) is 0 Å². The number of halogens is 3. The van der Waals surface area contributed by atoms with Crippen LogP contribution in [0.4, 0.5) is 18.9 Å². The topological polar surface area (TPSA) is 58.6 Å². The summed E-state index contributed by atoms with van der Waals surface area (Å²) in [5.41, 5.74) is -0.0997. The Kier molecular flexibility index (Phi) is 5.22. The van der Waals surface area contributed by atoms with Crippen molar-refractivity contribution in [1.82, 2.24) is 4.90 Å². The largest absolute Gasteiger partial charge is 0.378 e. The fourth-order valence-corrected chi connectivity index (χ4v) is 2.56. The molecule has 26 heavy (non-hydrogen) atoms. The lowest BCUT2D eigenvalue weighted by molar-refractivity contribution is 0.0303. The van der Waals surface area contributed by atoms with Crippen molar-refractivity contribution in [3.63, 3.8) is 0 Å². The first-order valence-corrected chi connectivity index (χ1v) is 7.89. The lowest BCUT2D eigenvalue weighted by atomic mass is 10.1. The van der Waals surface area contributed by atoms with Gasteiger partial charge < -0.3 is 15.0 Å². The van der Waals surface area contributed by atoms with Gasteiger partial charge in [-0.25, -0.2) is 13.2 Å². The van der Waals surface area contributed by atoms with E-state index in [9.17, 15) is 22.8 Å². The number of benzene rings is 2. The van der Waals surface area contributed by atoms with Gasteiger partial charge in [-0.1, -0.05) is 6.07 Å². The number of hydrogen-bond acceptors (Lipinski definition) is 3. The third-order valence-corrected chi connectivity index (χ3v) is 3.95. The van der Waals surface area contributed by atoms with Gasteiger partial charge in [0.15, 0.2) is 17.5 Å². The molecular weight excluding hydrogens is 349 g/mol. The van der Waals surface area contributed by atoms with Crippen LogP contribution >= 0.6 is 0 Å². The molecule has 1 saturated heterocycles. The average molecular weight is 364 g/mol. The fourth-order valence-electron chi connectivity index (χ4n) is 2.56. The zero-order chi connectivity index (χ0) is 18.7. The van der Waals surface area contributed by atoms with Crippen molar-refractivity contribution in [2.24, 2.45) is 0 Å². The summed E-state index contributed by atoms with van der Waals surface area (Å²) in [6.45, 7) is 1.80. The smallest absolute Gasteiger partial charge is 0.255 e. The van der Waals surface area contributed by atoms with Crippen molar-refractivity contribution < 1.29 is 27.5 Å². The van der Waals surface area contributed by atoms with Crippen LogP contribution in [0.2, 0.25) is 0 Å². The highest BCUT2D eigenvalue weighted by molar-refractivity contribution is 6.06. The SMILES string of the molecule is O=C(Nc1ccc(F)c(F)c1F)c1cccc(C(=O)N2CCOCC2)c1. The molecule has 1 aliphatic rings. The van der Waals surface area contributed by atoms with Crippen LogP contribution in [-0.2, 0) is 4.74 Å². The quantitative estimate of drug-likeness (QED) is 0.852. The first-order valence-electron chi connectivity index (χ1n) is 7.89. The Bertz CT molecular complexity index is 852. The molecule has 3 rings (SSSR count). The molecule has 1 fully saturated rings. The maximum Gasteiger partial charge on any atom is 0.255 e. The first kappa shape index (κ1) is 17.9. The Labute approximate surface area is 147 Å². The summed E-state index contributed by atoms with van der Waals surface area (Å²) in [6.07, 6.45) is 0. The molecule has 2 amide bonds. The van der Waals surface area contributed by atoms with E-state index in [1.54, 1.807) is 11.0 Å². The molecule has 0 spiro atoms. The highest BCUT2D eigenvalue weighted by Gasteiger charge is 2.20. The van der Waals surface area contributed by atoms with E-state index in [4.69, 9.17) is 4.74 Å². The van der Waals surface area contributed by atoms with Crippen LogP contribution < -0.4 is 5.32 Å². The first-order chi connectivity index (χ1) is 12.5. The van der Waals surface area contributed by atoms with Gasteiger partial charge in [0.1, 0.15) is 0 Å². The van der Waals surface area contributed by atoms with Gasteiger partial charge in [0.05, 0.1) is 18.9 Å². The molecule has 8 heteroatoms. The van der Waals surface area contributed by atoms with Crippen LogP contribution in [0.1, 0.15) is 20.7 Å². The van der Waals surface area contributed by atoms with Gasteiger partial charge in [0.25, 0.3) is 11.8 Å². The molecule has 0 radical (unpaired) electrons. The predicted molar refractivity (Wildman–Crippen MR) is 87.4 cm³/mol. The van der Waals surface area contributed by atoms with E-state index in [1.165, 1.54) is 18.2 Å². The van der Waals surface area contributed by atoms with E-state index in [2.05, 4.69) is 5.32 Å². The number of nitrogens with zero attached hydrogens (tertiary/aromatic N) is 1. The summed E-state index contributed by atoms with van der Waals surface area (Å²) in [6, 6.07) is 7.52. The molecule has 0 aliphatic carbocycles. The molecule has 136 valence electrons. The molecule has 0 unspecified atom stereocenters. The van der Waals surface area contributed by atoms with Gasteiger partial charge >= 0.3 is 0 Å². The minimum Gasteiger partial charge on any atom is -0.378 e. The zero-order valence-corrected chi connectivity index (χ0v) is 13.6. The number of hydrogen-bond donors (Lipinski definition) is 1. The Morgan fingerprint density at radius 1 is 0.962 bits per heavy atom. The standard InChI is InChI=1S/C18H15F3N2O3/c19-13-4-5-14(16(21)15(13)20)22-17(24)11-2-1-3-12(10-11)18(25)23-6-8-26-9-7-23/h1-5,10H,6-9H2,(H,22,24). The van der Waals surface area contributed by atoms with E-state index >= 15 is 0 Å². The molecule has 1 heterocycles. The molecule has 0 saturated carbocycles. The maximum atomic E-state index is 13.7. The third-order valence-electron chi connectivity index (χ3n) is 3.95. The lowest BCUT2D eigenvalue weighted by Gasteiger charge is -2.27. The molecule has 0 atom stereocenters. The van der Waals surface area contributed by atoms with E-state index in [0.29, 0.717) is 37.9 Å². The summed E-state index contributed by atoms with van der Waals surface area (Å²) in [4.78, 5) is 26.3. The van der Waals surface area contributed by atoms with E-state index in [-0.39, 0.29) is 11.5 Å². The molecular formula is C18H15F3N2O3. The molecule has 1 aliphatic heterocycles. The van der Waals surface area contributed by atoms with Crippen molar-refractivity contribution in [1.29, 1.82) is 0 Å². The van der Waals surface area contributed by atoms with E-state index < -0.39 is 29.0 Å². The number of amides is 2. The fraction of sp³-hybridized carbons (Fsp3) is 0.222. The van der Waals surface area contributed by atoms with Gasteiger partial charge in [-0.2, -0.15) is 0 Å². The minimum atomic E-state index is -1.67. The van der Waals surface area contributed by atoms with E-state index in [1.807, 2.05) is 0 Å². The van der Waals surface area contributed by atoms with Crippen LogP contribution in [0, 0.1) is 17.5 Å². The van der Waals surface area contributed by atoms with Crippen LogP contribution in [0.15, 0.2) is 36.4 Å². The normalized spacial score (nSPS) is 14.2. The molecule has 5 nitrogen and oxygen atoms in total. The number of carbonyl (C=O) groups excluding carboxylic acids is 2. The van der Waals surface area contributed by atoms with Gasteiger partial charge in [0, 0.05) is 24.2 Å². The molecule has 0 bridgehead atoms. The third kappa shape index (κ3) is 3.70. The number of nitrogens with one attached hydrogen (secondary N) is 1. The summed E-state index contributed by atoms with van der Waals surface area (Å²) in [5.74, 6) is -5.50. The Hall–Kier alpha value is -2.87. The molecule has 1 N–H and O–H groups in total. The highest BCUT2D eigenvalue weighted by atomic mass is 19.2. The molecule has 2 aromatic rings. The molecule has 2 aromatic carbocycles. The number of morpholine rings is 1. The van der Waals surface area contributed by atoms with Crippen molar-refractivity contribution in [2.45, 2.75) is 0 Å². The summed E-state index contributed by atoms with van der Waals surface area (Å²) in [7, 11) is 0. The maximum absolute atomic E-state index is 13.7. The zero-order valence-electron chi connectivity index (χ0n) is 13.6. The van der Waals surface area contributed by atoms with Crippen molar-refractivity contribution in [3.05, 3.63) is 65.0 Å². The second kappa shape index (κ2) is 7.57. The second-order valence-corrected chi connectivity index (χ2v) is 5.66. The van der Waals surface area contributed by atoms with Crippen molar-refractivity contribution in [3.8, 4) is 0 Å². The molecule has 0 aromatic heterocycles. The van der Waals surface area contributed by atoms with Gasteiger partial charge in [-0.05, 0) is 30.3 Å². The summed E-state index contributed by atoms with van der Waals surface area (Å²) >= 11 is 0. The monoisotopic (exact) mass is 364 g/mol. The van der Waals surface area contributed by atoms with Crippen molar-refractivity contribution >= 4 is 17.5 Å².